The van der Waals surface area contributed by atoms with E-state index in [1.165, 1.54) is 42.4 Å². The van der Waals surface area contributed by atoms with Crippen LogP contribution in [0.4, 0.5) is 13.2 Å². The highest BCUT2D eigenvalue weighted by atomic mass is 127. The molecule has 11 heavy (non-hydrogen) atoms. The molecule has 0 heterocycles. The van der Waals surface area contributed by atoms with E-state index < -0.39 is 23.7 Å². The minimum absolute atomic E-state index is 0.625. The Bertz CT molecular complexity index is 161. The van der Waals surface area contributed by atoms with Gasteiger partial charge in [0.15, 0.2) is 0 Å². The average Bonchev–Trinajstić information content (AvgIpc) is 1.58. The Morgan fingerprint density at radius 1 is 1.27 bits per heavy atom. The highest BCUT2D eigenvalue weighted by molar-refractivity contribution is 14.3. The maximum Gasteiger partial charge on any atom is 0.255 e. The van der Waals surface area contributed by atoms with Crippen molar-refractivity contribution < 1.29 is 21.6 Å². The number of rotatable bonds is 2. The molecule has 0 aromatic carbocycles. The van der Waals surface area contributed by atoms with E-state index in [4.69, 9.17) is 0 Å². The summed E-state index contributed by atoms with van der Waals surface area (Å²) in [5.41, 5.74) is 0. The van der Waals surface area contributed by atoms with Crippen LogP contribution in [0.25, 0.3) is 0 Å². The first-order valence-corrected chi connectivity index (χ1v) is 8.82. The van der Waals surface area contributed by atoms with Crippen LogP contribution in [0.3, 0.4) is 0 Å². The smallest absolute Gasteiger partial charge is 0.251 e. The van der Waals surface area contributed by atoms with Gasteiger partial charge in [0.1, 0.15) is 0 Å². The van der Waals surface area contributed by atoms with E-state index >= 15 is 0 Å². The number of halogens is 5. The summed E-state index contributed by atoms with van der Waals surface area (Å²) in [5.74, 6) is 0. The third kappa shape index (κ3) is 53.7. The summed E-state index contributed by atoms with van der Waals surface area (Å²) in [7, 11) is 0. The molecule has 0 aromatic rings. The van der Waals surface area contributed by atoms with E-state index in [1.54, 1.807) is 0 Å². The van der Waals surface area contributed by atoms with Gasteiger partial charge in [-0.05, 0) is 0 Å². The van der Waals surface area contributed by atoms with Crippen LogP contribution in [0.15, 0.2) is 0 Å². The van der Waals surface area contributed by atoms with Gasteiger partial charge in [-0.1, -0.05) is 0 Å². The van der Waals surface area contributed by atoms with Gasteiger partial charge in [0.05, 0.1) is 49.1 Å². The third-order valence-electron chi connectivity index (χ3n) is 0.327. The normalized spacial score (nSPS) is 10.7. The molecule has 0 fully saturated rings. The quantitative estimate of drug-likeness (QED) is 0.513. The third-order valence-corrected chi connectivity index (χ3v) is 0.327. The molecule has 2 nitrogen and oxygen atoms in total. The summed E-state index contributed by atoms with van der Waals surface area (Å²) in [6.07, 6.45) is -3.10. The predicted octanol–water partition coefficient (Wildman–Crippen LogP) is 2.71. The van der Waals surface area contributed by atoms with Crippen LogP contribution in [0.1, 0.15) is 6.42 Å². The van der Waals surface area contributed by atoms with Crippen LogP contribution in [-0.4, -0.2) is 21.5 Å². The van der Waals surface area contributed by atoms with Crippen LogP contribution < -0.4 is 0 Å². The molecule has 70 valence electrons. The maximum absolute atomic E-state index is 10.8. The Morgan fingerprint density at radius 2 is 1.55 bits per heavy atom. The van der Waals surface area contributed by atoms with E-state index in [1.807, 2.05) is 0 Å². The van der Waals surface area contributed by atoms with Gasteiger partial charge in [-0.25, -0.2) is 17.2 Å². The fraction of sp³-hybridized carbons (Fsp3) is 1.00. The molecule has 0 radical (unpaired) electrons. The molecule has 0 aliphatic carbocycles. The molecule has 0 saturated heterocycles. The van der Waals surface area contributed by atoms with Gasteiger partial charge in [0, 0.05) is 6.42 Å². The van der Waals surface area contributed by atoms with Crippen LogP contribution in [0.2, 0.25) is 0 Å². The molecule has 8 heteroatoms. The Hall–Kier alpha value is 1.20. The first-order valence-electron chi connectivity index (χ1n) is 2.25. The topological polar surface area (TPSA) is 34.1 Å². The minimum atomic E-state index is -2.73. The van der Waals surface area contributed by atoms with Crippen LogP contribution >= 0.6 is 42.4 Å². The summed E-state index contributed by atoms with van der Waals surface area (Å²) >= 11 is 2.67. The van der Waals surface area contributed by atoms with Crippen molar-refractivity contribution in [2.24, 2.45) is 0 Å². The molecule has 0 rings (SSSR count). The van der Waals surface area contributed by atoms with E-state index in [0.29, 0.717) is 0 Å². The fourth-order valence-corrected chi connectivity index (χ4v) is 0.0825. The van der Waals surface area contributed by atoms with Gasteiger partial charge < -0.3 is 0 Å². The van der Waals surface area contributed by atoms with Gasteiger partial charge >= 0.3 is 0 Å². The lowest BCUT2D eigenvalue weighted by Crippen LogP contribution is -1.88. The predicted molar refractivity (Wildman–Crippen MR) is 53.6 cm³/mol. The Labute approximate surface area is 87.0 Å². The van der Waals surface area contributed by atoms with Crippen molar-refractivity contribution in [1.82, 2.24) is 0 Å². The van der Waals surface area contributed by atoms with E-state index in [2.05, 4.69) is 0 Å². The summed E-state index contributed by atoms with van der Waals surface area (Å²) in [6, 6.07) is 0. The van der Waals surface area contributed by atoms with E-state index in [0.717, 1.165) is 0 Å². The molecule has 0 aromatic heterocycles. The van der Waals surface area contributed by atoms with Crippen molar-refractivity contribution in [3.63, 3.8) is 0 Å². The lowest BCUT2D eigenvalue weighted by Gasteiger charge is -1.85. The Balaban J connectivity index is 0. The van der Waals surface area contributed by atoms with Crippen molar-refractivity contribution in [3.8, 4) is 0 Å². The van der Waals surface area contributed by atoms with Crippen molar-refractivity contribution in [2.45, 2.75) is 12.8 Å². The zero-order valence-electron chi connectivity index (χ0n) is 5.11. The van der Waals surface area contributed by atoms with Crippen molar-refractivity contribution in [2.75, 3.05) is 6.67 Å². The van der Waals surface area contributed by atoms with Crippen molar-refractivity contribution in [3.05, 3.63) is 0 Å². The summed E-state index contributed by atoms with van der Waals surface area (Å²) in [6.45, 7) is -0.919. The van der Waals surface area contributed by atoms with E-state index in [9.17, 15) is 21.6 Å². The van der Waals surface area contributed by atoms with Gasteiger partial charge in [-0.3, -0.25) is 4.39 Å². The molecule has 0 aliphatic rings. The second-order valence-electron chi connectivity index (χ2n) is 1.25. The van der Waals surface area contributed by atoms with Crippen LogP contribution in [-0.2, 0) is 4.18 Å². The van der Waals surface area contributed by atoms with Gasteiger partial charge in [-0.2, -0.15) is 0 Å². The highest BCUT2D eigenvalue weighted by Crippen LogP contribution is 2.08. The molecule has 0 bridgehead atoms. The van der Waals surface area contributed by atoms with Gasteiger partial charge in [0.2, 0.25) is 6.43 Å². The molecule has 0 unspecified atom stereocenters. The lowest BCUT2D eigenvalue weighted by molar-refractivity contribution is 0.127. The summed E-state index contributed by atoms with van der Waals surface area (Å²) in [5, 5.41) is 0. The molecule has 0 saturated carbocycles. The Kier molecular flexibility index (Phi) is 10.5. The molecule has 0 atom stereocenters. The molecule has 0 N–H and O–H groups in total. The van der Waals surface area contributed by atoms with Gasteiger partial charge in [-0.15, -0.1) is 0 Å². The van der Waals surface area contributed by atoms with Crippen molar-refractivity contribution >= 4 is 46.6 Å². The summed E-state index contributed by atoms with van der Waals surface area (Å²) in [4.78, 5) is 0. The number of alkyl halides is 3. The number of hydrogen-bond donors (Lipinski definition) is 0. The molecule has 0 amide bonds. The second kappa shape index (κ2) is 7.83. The zero-order valence-corrected chi connectivity index (χ0v) is 10.2. The maximum atomic E-state index is 10.8. The molecular weight excluding hydrogens is 411 g/mol. The SMILES string of the molecule is FCCC(F)F.O=S(=O)(I)I. The average molecular weight is 416 g/mol. The fourth-order valence-electron chi connectivity index (χ4n) is 0.0825. The zero-order chi connectivity index (χ0) is 9.49. The van der Waals surface area contributed by atoms with Crippen molar-refractivity contribution in [1.29, 1.82) is 0 Å². The highest BCUT2D eigenvalue weighted by Gasteiger charge is 1.97. The monoisotopic (exact) mass is 416 g/mol. The second-order valence-corrected chi connectivity index (χ2v) is 14.0. The minimum Gasteiger partial charge on any atom is -0.251 e. The standard InChI is InChI=1S/C3H5F3.I2O2S/c4-2-1-3(5)6;1-5(2,3)4/h3H,1-2H2;. The van der Waals surface area contributed by atoms with Gasteiger partial charge in [0.25, 0.3) is 4.18 Å². The number of hydrogen-bond acceptors (Lipinski definition) is 2. The first-order chi connectivity index (χ1) is 4.77. The molecular formula is C3H5F3I2O2S. The Morgan fingerprint density at radius 3 is 1.55 bits per heavy atom. The van der Waals surface area contributed by atoms with Crippen LogP contribution in [0, 0.1) is 0 Å². The largest absolute Gasteiger partial charge is 0.255 e. The van der Waals surface area contributed by atoms with Crippen LogP contribution in [0.5, 0.6) is 0 Å². The van der Waals surface area contributed by atoms with E-state index in [-0.39, 0.29) is 0 Å². The summed E-state index contributed by atoms with van der Waals surface area (Å²) < 4.78 is 48.8. The first kappa shape index (κ1) is 14.7. The molecule has 0 spiro atoms. The molecule has 0 aliphatic heterocycles. The lowest BCUT2D eigenvalue weighted by atomic mass is 10.5.